The minimum absolute atomic E-state index is 0.267. The van der Waals surface area contributed by atoms with Crippen molar-refractivity contribution in [3.8, 4) is 0 Å². The molecule has 1 N–H and O–H groups in total. The molecule has 0 saturated heterocycles. The summed E-state index contributed by atoms with van der Waals surface area (Å²) in [6.07, 6.45) is 3.58. The predicted molar refractivity (Wildman–Crippen MR) is 79.2 cm³/mol. The molecule has 0 spiro atoms. The van der Waals surface area contributed by atoms with Gasteiger partial charge in [-0.15, -0.1) is 0 Å². The van der Waals surface area contributed by atoms with Crippen LogP contribution in [0.3, 0.4) is 0 Å². The maximum atomic E-state index is 13.7. The lowest BCUT2D eigenvalue weighted by Crippen LogP contribution is -2.18. The normalized spacial score (nSPS) is 12.7. The van der Waals surface area contributed by atoms with E-state index in [9.17, 15) is 8.78 Å². The number of hydrogen-bond donors (Lipinski definition) is 1. The minimum Gasteiger partial charge on any atom is -0.376 e. The molecule has 0 aliphatic carbocycles. The Morgan fingerprint density at radius 3 is 2.76 bits per heavy atom. The highest BCUT2D eigenvalue weighted by atomic mass is 19.1. The second kappa shape index (κ2) is 6.67. The third kappa shape index (κ3) is 4.26. The summed E-state index contributed by atoms with van der Waals surface area (Å²) < 4.78 is 28.5. The van der Waals surface area contributed by atoms with E-state index < -0.39 is 11.6 Å². The maximum absolute atomic E-state index is 13.7. The monoisotopic (exact) mass is 294 g/mol. The van der Waals surface area contributed by atoms with Crippen molar-refractivity contribution < 1.29 is 8.78 Å². The number of nitrogens with one attached hydrogen (secondary N) is 1. The summed E-state index contributed by atoms with van der Waals surface area (Å²) in [4.78, 5) is 2.07. The van der Waals surface area contributed by atoms with E-state index in [1.54, 1.807) is 6.20 Å². The van der Waals surface area contributed by atoms with E-state index in [-0.39, 0.29) is 6.04 Å². The van der Waals surface area contributed by atoms with Crippen LogP contribution in [0, 0.1) is 11.6 Å². The first kappa shape index (κ1) is 15.4. The topological polar surface area (TPSA) is 33.1 Å². The molecular weight excluding hydrogens is 274 g/mol. The lowest BCUT2D eigenvalue weighted by Gasteiger charge is -2.15. The van der Waals surface area contributed by atoms with Gasteiger partial charge in [0.15, 0.2) is 0 Å². The van der Waals surface area contributed by atoms with Gasteiger partial charge < -0.3 is 10.2 Å². The van der Waals surface area contributed by atoms with Gasteiger partial charge in [0, 0.05) is 24.4 Å². The number of nitrogens with zero attached hydrogens (tertiary/aromatic N) is 3. The van der Waals surface area contributed by atoms with Crippen LogP contribution in [-0.4, -0.2) is 35.3 Å². The Balaban J connectivity index is 2.00. The molecule has 0 radical (unpaired) electrons. The smallest absolute Gasteiger partial charge is 0.131 e. The van der Waals surface area contributed by atoms with Gasteiger partial charge in [-0.05, 0) is 27.1 Å². The highest BCUT2D eigenvalue weighted by Gasteiger charge is 2.12. The van der Waals surface area contributed by atoms with Gasteiger partial charge in [-0.2, -0.15) is 5.10 Å². The Morgan fingerprint density at radius 2 is 2.10 bits per heavy atom. The van der Waals surface area contributed by atoms with Crippen molar-refractivity contribution in [3.05, 3.63) is 47.8 Å². The van der Waals surface area contributed by atoms with E-state index in [0.717, 1.165) is 24.8 Å². The summed E-state index contributed by atoms with van der Waals surface area (Å²) in [5, 5.41) is 7.41. The molecule has 0 amide bonds. The molecule has 0 aliphatic rings. The molecule has 1 aromatic carbocycles. The van der Waals surface area contributed by atoms with Crippen LogP contribution in [-0.2, 0) is 6.54 Å². The van der Waals surface area contributed by atoms with E-state index in [0.29, 0.717) is 5.56 Å². The Morgan fingerprint density at radius 1 is 1.33 bits per heavy atom. The van der Waals surface area contributed by atoms with Gasteiger partial charge in [0.2, 0.25) is 0 Å². The summed E-state index contributed by atoms with van der Waals surface area (Å²) in [5.41, 5.74) is 1.24. The van der Waals surface area contributed by atoms with Gasteiger partial charge in [0.1, 0.15) is 11.6 Å². The fourth-order valence-electron chi connectivity index (χ4n) is 2.04. The molecule has 1 aromatic heterocycles. The summed E-state index contributed by atoms with van der Waals surface area (Å²) in [6.45, 7) is 3.50. The van der Waals surface area contributed by atoms with Crippen LogP contribution < -0.4 is 5.32 Å². The molecule has 0 aliphatic heterocycles. The van der Waals surface area contributed by atoms with Crippen molar-refractivity contribution in [2.75, 3.05) is 26.0 Å². The summed E-state index contributed by atoms with van der Waals surface area (Å²) in [6, 6.07) is 3.35. The number of halogens is 2. The van der Waals surface area contributed by atoms with Crippen molar-refractivity contribution in [3.63, 3.8) is 0 Å². The van der Waals surface area contributed by atoms with Crippen molar-refractivity contribution in [1.29, 1.82) is 0 Å². The lowest BCUT2D eigenvalue weighted by atomic mass is 10.1. The van der Waals surface area contributed by atoms with Gasteiger partial charge in [-0.1, -0.05) is 6.07 Å². The molecule has 0 bridgehead atoms. The van der Waals surface area contributed by atoms with Crippen molar-refractivity contribution in [2.24, 2.45) is 0 Å². The third-order valence-corrected chi connectivity index (χ3v) is 3.22. The second-order valence-corrected chi connectivity index (χ2v) is 5.33. The van der Waals surface area contributed by atoms with Gasteiger partial charge in [-0.3, -0.25) is 4.68 Å². The number of hydrogen-bond acceptors (Lipinski definition) is 3. The summed E-state index contributed by atoms with van der Waals surface area (Å²) in [5.74, 6) is -1.12. The molecule has 0 saturated carbocycles. The molecule has 0 fully saturated rings. The average molecular weight is 294 g/mol. The van der Waals surface area contributed by atoms with Crippen LogP contribution in [0.5, 0.6) is 0 Å². The molecule has 2 aromatic rings. The second-order valence-electron chi connectivity index (χ2n) is 5.33. The number of aromatic nitrogens is 2. The molecule has 2 rings (SSSR count). The van der Waals surface area contributed by atoms with Gasteiger partial charge in [-0.25, -0.2) is 8.78 Å². The molecule has 21 heavy (non-hydrogen) atoms. The Labute approximate surface area is 123 Å². The highest BCUT2D eigenvalue weighted by Crippen LogP contribution is 2.22. The van der Waals surface area contributed by atoms with Crippen LogP contribution in [0.15, 0.2) is 30.6 Å². The summed E-state index contributed by atoms with van der Waals surface area (Å²) >= 11 is 0. The molecule has 114 valence electrons. The van der Waals surface area contributed by atoms with Crippen molar-refractivity contribution in [2.45, 2.75) is 19.5 Å². The minimum atomic E-state index is -0.569. The van der Waals surface area contributed by atoms with E-state index in [1.807, 2.05) is 31.9 Å². The number of benzene rings is 1. The van der Waals surface area contributed by atoms with Crippen LogP contribution in [0.4, 0.5) is 14.5 Å². The number of likely N-dealkylation sites (N-methyl/N-ethyl adjacent to an activating group) is 1. The van der Waals surface area contributed by atoms with Gasteiger partial charge in [0.05, 0.1) is 24.5 Å². The maximum Gasteiger partial charge on any atom is 0.131 e. The van der Waals surface area contributed by atoms with Crippen molar-refractivity contribution in [1.82, 2.24) is 14.7 Å². The van der Waals surface area contributed by atoms with Crippen LogP contribution in [0.2, 0.25) is 0 Å². The largest absolute Gasteiger partial charge is 0.376 e. The van der Waals surface area contributed by atoms with E-state index in [4.69, 9.17) is 0 Å². The van der Waals surface area contributed by atoms with Crippen LogP contribution >= 0.6 is 0 Å². The van der Waals surface area contributed by atoms with E-state index in [1.165, 1.54) is 12.1 Å². The number of anilines is 1. The Hall–Kier alpha value is -1.95. The highest BCUT2D eigenvalue weighted by molar-refractivity contribution is 5.41. The fraction of sp³-hybridized carbons (Fsp3) is 0.400. The first-order valence-electron chi connectivity index (χ1n) is 6.84. The lowest BCUT2D eigenvalue weighted by molar-refractivity contribution is 0.373. The predicted octanol–water partition coefficient (Wildman–Crippen LogP) is 2.90. The Kier molecular flexibility index (Phi) is 4.90. The Bertz CT molecular complexity index is 595. The van der Waals surface area contributed by atoms with Gasteiger partial charge in [0.25, 0.3) is 0 Å². The molecule has 1 atom stereocenters. The molecule has 6 heteroatoms. The third-order valence-electron chi connectivity index (χ3n) is 3.22. The molecule has 0 unspecified atom stereocenters. The van der Waals surface area contributed by atoms with Crippen LogP contribution in [0.1, 0.15) is 18.5 Å². The van der Waals surface area contributed by atoms with Crippen molar-refractivity contribution >= 4 is 5.69 Å². The first-order chi connectivity index (χ1) is 9.95. The number of rotatable bonds is 6. The molecular formula is C15H20F2N4. The zero-order valence-electron chi connectivity index (χ0n) is 12.5. The van der Waals surface area contributed by atoms with Gasteiger partial charge >= 0.3 is 0 Å². The van der Waals surface area contributed by atoms with E-state index >= 15 is 0 Å². The molecule has 1 heterocycles. The SMILES string of the molecule is C[C@H](Nc1cnn(CCN(C)C)c1)c1ccc(F)cc1F. The standard InChI is InChI=1S/C15H20F2N4/c1-11(14-5-4-12(16)8-15(14)17)19-13-9-18-21(10-13)7-6-20(2)3/h4-5,8-11,19H,6-7H2,1-3H3/t11-/m0/s1. The quantitative estimate of drug-likeness (QED) is 0.889. The van der Waals surface area contributed by atoms with E-state index in [2.05, 4.69) is 15.3 Å². The average Bonchev–Trinajstić information content (AvgIpc) is 2.83. The first-order valence-corrected chi connectivity index (χ1v) is 6.84. The van der Waals surface area contributed by atoms with Crippen LogP contribution in [0.25, 0.3) is 0 Å². The summed E-state index contributed by atoms with van der Waals surface area (Å²) in [7, 11) is 4.00. The molecule has 4 nitrogen and oxygen atoms in total. The fourth-order valence-corrected chi connectivity index (χ4v) is 2.04. The zero-order valence-corrected chi connectivity index (χ0v) is 12.5. The zero-order chi connectivity index (χ0) is 15.4.